The quantitative estimate of drug-likeness (QED) is 0.833. The first-order valence-corrected chi connectivity index (χ1v) is 7.06. The van der Waals surface area contributed by atoms with Crippen molar-refractivity contribution in [1.29, 1.82) is 0 Å². The molecule has 0 spiro atoms. The van der Waals surface area contributed by atoms with Gasteiger partial charge in [0.05, 0.1) is 7.11 Å². The van der Waals surface area contributed by atoms with Crippen LogP contribution in [0.1, 0.15) is 32.3 Å². The van der Waals surface area contributed by atoms with Gasteiger partial charge in [0.1, 0.15) is 5.75 Å². The molecular formula is C16H25NO. The molecule has 0 amide bonds. The molecule has 18 heavy (non-hydrogen) atoms. The van der Waals surface area contributed by atoms with Crippen LogP contribution in [-0.2, 0) is 6.42 Å². The van der Waals surface area contributed by atoms with Gasteiger partial charge in [-0.25, -0.2) is 0 Å². The normalized spacial score (nSPS) is 22.9. The maximum Gasteiger partial charge on any atom is 0.122 e. The molecule has 2 heteroatoms. The Labute approximate surface area is 111 Å². The SMILES string of the molecule is COc1ccccc1CCNC1CC(C(C)C)C1. The van der Waals surface area contributed by atoms with Crippen molar-refractivity contribution in [2.24, 2.45) is 11.8 Å². The van der Waals surface area contributed by atoms with E-state index >= 15 is 0 Å². The highest BCUT2D eigenvalue weighted by Gasteiger charge is 2.30. The summed E-state index contributed by atoms with van der Waals surface area (Å²) in [7, 11) is 1.74. The maximum absolute atomic E-state index is 5.36. The van der Waals surface area contributed by atoms with Crippen molar-refractivity contribution in [3.8, 4) is 5.75 Å². The predicted molar refractivity (Wildman–Crippen MR) is 76.1 cm³/mol. The number of rotatable bonds is 6. The van der Waals surface area contributed by atoms with Crippen LogP contribution < -0.4 is 10.1 Å². The Morgan fingerprint density at radius 3 is 2.67 bits per heavy atom. The van der Waals surface area contributed by atoms with Crippen molar-refractivity contribution in [3.05, 3.63) is 29.8 Å². The maximum atomic E-state index is 5.36. The van der Waals surface area contributed by atoms with E-state index < -0.39 is 0 Å². The lowest BCUT2D eigenvalue weighted by molar-refractivity contribution is 0.169. The van der Waals surface area contributed by atoms with Crippen LogP contribution in [-0.4, -0.2) is 19.7 Å². The molecule has 100 valence electrons. The molecular weight excluding hydrogens is 222 g/mol. The zero-order chi connectivity index (χ0) is 13.0. The van der Waals surface area contributed by atoms with E-state index in [1.165, 1.54) is 18.4 Å². The summed E-state index contributed by atoms with van der Waals surface area (Å²) in [5, 5.41) is 3.65. The lowest BCUT2D eigenvalue weighted by Gasteiger charge is -2.38. The molecule has 0 radical (unpaired) electrons. The van der Waals surface area contributed by atoms with Crippen molar-refractivity contribution < 1.29 is 4.74 Å². The summed E-state index contributed by atoms with van der Waals surface area (Å²) in [6.45, 7) is 5.71. The minimum absolute atomic E-state index is 0.743. The van der Waals surface area contributed by atoms with Gasteiger partial charge in [-0.3, -0.25) is 0 Å². The van der Waals surface area contributed by atoms with Crippen LogP contribution in [0, 0.1) is 11.8 Å². The van der Waals surface area contributed by atoms with E-state index in [1.54, 1.807) is 7.11 Å². The Morgan fingerprint density at radius 2 is 2.00 bits per heavy atom. The van der Waals surface area contributed by atoms with Gasteiger partial charge in [-0.2, -0.15) is 0 Å². The van der Waals surface area contributed by atoms with Crippen molar-refractivity contribution >= 4 is 0 Å². The third-order valence-corrected chi connectivity index (χ3v) is 4.14. The Bertz CT molecular complexity index is 369. The van der Waals surface area contributed by atoms with E-state index in [4.69, 9.17) is 4.74 Å². The highest BCUT2D eigenvalue weighted by Crippen LogP contribution is 2.33. The molecule has 1 aromatic rings. The molecule has 0 bridgehead atoms. The van der Waals surface area contributed by atoms with Crippen LogP contribution >= 0.6 is 0 Å². The Kier molecular flexibility index (Phi) is 4.65. The minimum atomic E-state index is 0.743. The van der Waals surface area contributed by atoms with Crippen LogP contribution in [0.5, 0.6) is 5.75 Å². The van der Waals surface area contributed by atoms with Crippen molar-refractivity contribution in [3.63, 3.8) is 0 Å². The van der Waals surface area contributed by atoms with Crippen LogP contribution in [0.4, 0.5) is 0 Å². The molecule has 0 aliphatic heterocycles. The number of hydrogen-bond acceptors (Lipinski definition) is 2. The fourth-order valence-corrected chi connectivity index (χ4v) is 2.69. The molecule has 1 aromatic carbocycles. The van der Waals surface area contributed by atoms with Crippen LogP contribution in [0.25, 0.3) is 0 Å². The largest absolute Gasteiger partial charge is 0.496 e. The molecule has 0 atom stereocenters. The molecule has 1 aliphatic rings. The molecule has 1 N–H and O–H groups in total. The Hall–Kier alpha value is -1.02. The molecule has 1 saturated carbocycles. The van der Waals surface area contributed by atoms with E-state index in [-0.39, 0.29) is 0 Å². The number of benzene rings is 1. The third-order valence-electron chi connectivity index (χ3n) is 4.14. The van der Waals surface area contributed by atoms with Crippen LogP contribution in [0.3, 0.4) is 0 Å². The van der Waals surface area contributed by atoms with Gasteiger partial charge in [0.25, 0.3) is 0 Å². The fraction of sp³-hybridized carbons (Fsp3) is 0.625. The van der Waals surface area contributed by atoms with E-state index in [2.05, 4.69) is 31.3 Å². The highest BCUT2D eigenvalue weighted by molar-refractivity contribution is 5.33. The third kappa shape index (κ3) is 3.26. The van der Waals surface area contributed by atoms with E-state index in [9.17, 15) is 0 Å². The zero-order valence-electron chi connectivity index (χ0n) is 11.8. The monoisotopic (exact) mass is 247 g/mol. The van der Waals surface area contributed by atoms with Crippen LogP contribution in [0.2, 0.25) is 0 Å². The lowest BCUT2D eigenvalue weighted by atomic mass is 9.73. The summed E-state index contributed by atoms with van der Waals surface area (Å²) in [5.74, 6) is 2.79. The number of hydrogen-bond donors (Lipinski definition) is 1. The average Bonchev–Trinajstić information content (AvgIpc) is 2.32. The molecule has 0 saturated heterocycles. The first-order valence-electron chi connectivity index (χ1n) is 7.06. The van der Waals surface area contributed by atoms with E-state index in [0.717, 1.165) is 36.6 Å². The summed E-state index contributed by atoms with van der Waals surface area (Å²) >= 11 is 0. The summed E-state index contributed by atoms with van der Waals surface area (Å²) in [6, 6.07) is 9.03. The second-order valence-corrected chi connectivity index (χ2v) is 5.69. The molecule has 1 aliphatic carbocycles. The smallest absolute Gasteiger partial charge is 0.122 e. The van der Waals surface area contributed by atoms with Crippen molar-refractivity contribution in [1.82, 2.24) is 5.32 Å². The Balaban J connectivity index is 1.70. The van der Waals surface area contributed by atoms with E-state index in [0.29, 0.717) is 0 Å². The van der Waals surface area contributed by atoms with Gasteiger partial charge in [-0.05, 0) is 49.3 Å². The second-order valence-electron chi connectivity index (χ2n) is 5.69. The fourth-order valence-electron chi connectivity index (χ4n) is 2.69. The molecule has 1 fully saturated rings. The molecule has 2 rings (SSSR count). The van der Waals surface area contributed by atoms with Gasteiger partial charge in [0.15, 0.2) is 0 Å². The minimum Gasteiger partial charge on any atom is -0.496 e. The summed E-state index contributed by atoms with van der Waals surface area (Å²) in [5.41, 5.74) is 1.30. The molecule has 0 aromatic heterocycles. The lowest BCUT2D eigenvalue weighted by Crippen LogP contribution is -2.43. The second kappa shape index (κ2) is 6.24. The number of ether oxygens (including phenoxy) is 1. The summed E-state index contributed by atoms with van der Waals surface area (Å²) in [4.78, 5) is 0. The number of methoxy groups -OCH3 is 1. The topological polar surface area (TPSA) is 21.3 Å². The van der Waals surface area contributed by atoms with Gasteiger partial charge in [0, 0.05) is 6.04 Å². The zero-order valence-corrected chi connectivity index (χ0v) is 11.8. The van der Waals surface area contributed by atoms with E-state index in [1.807, 2.05) is 12.1 Å². The van der Waals surface area contributed by atoms with Gasteiger partial charge in [-0.1, -0.05) is 32.0 Å². The van der Waals surface area contributed by atoms with Gasteiger partial charge in [0.2, 0.25) is 0 Å². The standard InChI is InChI=1S/C16H25NO/c1-12(2)14-10-15(11-14)17-9-8-13-6-4-5-7-16(13)18-3/h4-7,12,14-15,17H,8-11H2,1-3H3. The van der Waals surface area contributed by atoms with Gasteiger partial charge < -0.3 is 10.1 Å². The molecule has 0 heterocycles. The average molecular weight is 247 g/mol. The predicted octanol–water partition coefficient (Wildman–Crippen LogP) is 3.26. The first kappa shape index (κ1) is 13.4. The highest BCUT2D eigenvalue weighted by atomic mass is 16.5. The molecule has 0 unspecified atom stereocenters. The van der Waals surface area contributed by atoms with Gasteiger partial charge >= 0.3 is 0 Å². The molecule has 2 nitrogen and oxygen atoms in total. The summed E-state index contributed by atoms with van der Waals surface area (Å²) < 4.78 is 5.36. The van der Waals surface area contributed by atoms with Gasteiger partial charge in [-0.15, -0.1) is 0 Å². The van der Waals surface area contributed by atoms with Crippen molar-refractivity contribution in [2.45, 2.75) is 39.2 Å². The van der Waals surface area contributed by atoms with Crippen molar-refractivity contribution in [2.75, 3.05) is 13.7 Å². The Morgan fingerprint density at radius 1 is 1.28 bits per heavy atom. The first-order chi connectivity index (χ1) is 8.70. The number of para-hydroxylation sites is 1. The summed E-state index contributed by atoms with van der Waals surface area (Å²) in [6.07, 6.45) is 3.75. The number of nitrogens with one attached hydrogen (secondary N) is 1. The van der Waals surface area contributed by atoms with Crippen LogP contribution in [0.15, 0.2) is 24.3 Å².